The fourth-order valence-corrected chi connectivity index (χ4v) is 4.27. The van der Waals surface area contributed by atoms with Gasteiger partial charge in [0.25, 0.3) is 0 Å². The molecule has 120 valence electrons. The summed E-state index contributed by atoms with van der Waals surface area (Å²) in [6.07, 6.45) is -0.393. The summed E-state index contributed by atoms with van der Waals surface area (Å²) in [6.45, 7) is 0. The Morgan fingerprint density at radius 1 is 1.00 bits per heavy atom. The second kappa shape index (κ2) is 6.14. The lowest BCUT2D eigenvalue weighted by Gasteiger charge is -2.34. The lowest BCUT2D eigenvalue weighted by Crippen LogP contribution is -2.49. The third-order valence-corrected chi connectivity index (χ3v) is 5.38. The molecule has 1 unspecified atom stereocenters. The molecule has 3 rings (SSSR count). The van der Waals surface area contributed by atoms with E-state index in [9.17, 15) is 8.42 Å². The third kappa shape index (κ3) is 3.13. The monoisotopic (exact) mass is 329 g/mol. The van der Waals surface area contributed by atoms with Gasteiger partial charge >= 0.3 is 0 Å². The van der Waals surface area contributed by atoms with E-state index < -0.39 is 16.2 Å². The molecule has 23 heavy (non-hydrogen) atoms. The van der Waals surface area contributed by atoms with E-state index in [0.717, 1.165) is 5.56 Å². The summed E-state index contributed by atoms with van der Waals surface area (Å²) in [4.78, 5) is 6.52. The van der Waals surface area contributed by atoms with Gasteiger partial charge < -0.3 is 0 Å². The van der Waals surface area contributed by atoms with Gasteiger partial charge in [0.2, 0.25) is 10.0 Å². The first-order valence-electron chi connectivity index (χ1n) is 7.37. The smallest absolute Gasteiger partial charge is 0.244 e. The van der Waals surface area contributed by atoms with Crippen molar-refractivity contribution in [2.45, 2.75) is 6.17 Å². The van der Waals surface area contributed by atoms with Gasteiger partial charge in [0.15, 0.2) is 5.84 Å². The lowest BCUT2D eigenvalue weighted by atomic mass is 10.2. The Labute approximate surface area is 136 Å². The number of anilines is 1. The SMILES string of the molecule is CN(C)C1CS(=O)(=O)N(c2ccccc2)C(c2ccccc2)=N1. The van der Waals surface area contributed by atoms with E-state index in [-0.39, 0.29) is 5.75 Å². The van der Waals surface area contributed by atoms with Crippen LogP contribution in [-0.2, 0) is 10.0 Å². The molecule has 0 aliphatic carbocycles. The Bertz CT molecular complexity index is 802. The molecule has 0 fully saturated rings. The predicted octanol–water partition coefficient (Wildman–Crippen LogP) is 2.17. The van der Waals surface area contributed by atoms with Crippen molar-refractivity contribution in [3.05, 3.63) is 66.2 Å². The third-order valence-electron chi connectivity index (χ3n) is 3.72. The van der Waals surface area contributed by atoms with E-state index >= 15 is 0 Å². The van der Waals surface area contributed by atoms with E-state index in [1.807, 2.05) is 67.5 Å². The number of hydrogen-bond donors (Lipinski definition) is 0. The maximum Gasteiger partial charge on any atom is 0.244 e. The van der Waals surface area contributed by atoms with Gasteiger partial charge in [-0.05, 0) is 26.2 Å². The number of para-hydroxylation sites is 1. The first-order chi connectivity index (χ1) is 11.0. The molecule has 0 saturated carbocycles. The minimum atomic E-state index is -3.51. The highest BCUT2D eigenvalue weighted by atomic mass is 32.2. The molecule has 0 N–H and O–H groups in total. The molecule has 1 atom stereocenters. The van der Waals surface area contributed by atoms with Crippen molar-refractivity contribution in [3.63, 3.8) is 0 Å². The molecule has 2 aromatic rings. The van der Waals surface area contributed by atoms with Crippen molar-refractivity contribution < 1.29 is 8.42 Å². The van der Waals surface area contributed by atoms with Crippen LogP contribution >= 0.6 is 0 Å². The molecule has 6 heteroatoms. The highest BCUT2D eigenvalue weighted by Crippen LogP contribution is 2.26. The zero-order chi connectivity index (χ0) is 16.4. The highest BCUT2D eigenvalue weighted by Gasteiger charge is 2.36. The summed E-state index contributed by atoms with van der Waals surface area (Å²) in [5.41, 5.74) is 1.39. The van der Waals surface area contributed by atoms with E-state index in [2.05, 4.69) is 0 Å². The lowest BCUT2D eigenvalue weighted by molar-refractivity contribution is 0.323. The normalized spacial score (nSPS) is 20.4. The average Bonchev–Trinajstić information content (AvgIpc) is 2.54. The van der Waals surface area contributed by atoms with Gasteiger partial charge in [0.1, 0.15) is 11.9 Å². The van der Waals surface area contributed by atoms with Crippen LogP contribution in [0.25, 0.3) is 0 Å². The predicted molar refractivity (Wildman–Crippen MR) is 93.2 cm³/mol. The van der Waals surface area contributed by atoms with Gasteiger partial charge in [-0.3, -0.25) is 4.90 Å². The maximum atomic E-state index is 12.9. The zero-order valence-corrected chi connectivity index (χ0v) is 13.9. The van der Waals surface area contributed by atoms with Crippen molar-refractivity contribution >= 4 is 21.5 Å². The molecule has 0 aromatic heterocycles. The number of aliphatic imine (C=N–C) groups is 1. The molecule has 0 bridgehead atoms. The van der Waals surface area contributed by atoms with Crippen molar-refractivity contribution in [2.75, 3.05) is 24.2 Å². The van der Waals surface area contributed by atoms with Crippen LogP contribution in [0.5, 0.6) is 0 Å². The minimum absolute atomic E-state index is 0.0365. The van der Waals surface area contributed by atoms with Crippen LogP contribution in [0.15, 0.2) is 65.7 Å². The largest absolute Gasteiger partial charge is 0.287 e. The highest BCUT2D eigenvalue weighted by molar-refractivity contribution is 7.93. The van der Waals surface area contributed by atoms with Crippen molar-refractivity contribution in [3.8, 4) is 0 Å². The molecule has 0 spiro atoms. The second-order valence-electron chi connectivity index (χ2n) is 5.64. The summed E-state index contributed by atoms with van der Waals surface area (Å²) >= 11 is 0. The Morgan fingerprint density at radius 3 is 2.13 bits per heavy atom. The van der Waals surface area contributed by atoms with Crippen LogP contribution in [0, 0.1) is 0 Å². The van der Waals surface area contributed by atoms with Crippen LogP contribution < -0.4 is 4.31 Å². The number of sulfonamides is 1. The quantitative estimate of drug-likeness (QED) is 0.867. The fraction of sp³-hybridized carbons (Fsp3) is 0.235. The summed E-state index contributed by atoms with van der Waals surface area (Å²) in [7, 11) is 0.168. The van der Waals surface area contributed by atoms with E-state index in [1.165, 1.54) is 4.31 Å². The Morgan fingerprint density at radius 2 is 1.57 bits per heavy atom. The molecular weight excluding hydrogens is 310 g/mol. The summed E-state index contributed by atoms with van der Waals surface area (Å²) in [6, 6.07) is 18.5. The number of benzene rings is 2. The summed E-state index contributed by atoms with van der Waals surface area (Å²) < 4.78 is 27.1. The summed E-state index contributed by atoms with van der Waals surface area (Å²) in [5, 5.41) is 0. The van der Waals surface area contributed by atoms with Gasteiger partial charge in [0.05, 0.1) is 5.69 Å². The topological polar surface area (TPSA) is 53.0 Å². The first-order valence-corrected chi connectivity index (χ1v) is 8.98. The Kier molecular flexibility index (Phi) is 4.19. The molecule has 0 radical (unpaired) electrons. The molecule has 5 nitrogen and oxygen atoms in total. The van der Waals surface area contributed by atoms with Gasteiger partial charge in [-0.25, -0.2) is 17.7 Å². The van der Waals surface area contributed by atoms with E-state index in [1.54, 1.807) is 12.1 Å². The number of rotatable bonds is 3. The van der Waals surface area contributed by atoms with E-state index in [0.29, 0.717) is 11.5 Å². The number of amidine groups is 1. The number of hydrogen-bond acceptors (Lipinski definition) is 4. The molecule has 0 saturated heterocycles. The molecule has 1 aliphatic rings. The molecule has 1 heterocycles. The van der Waals surface area contributed by atoms with Crippen molar-refractivity contribution in [1.82, 2.24) is 4.90 Å². The van der Waals surface area contributed by atoms with Crippen molar-refractivity contribution in [2.24, 2.45) is 4.99 Å². The van der Waals surface area contributed by atoms with Crippen molar-refractivity contribution in [1.29, 1.82) is 0 Å². The van der Waals surface area contributed by atoms with Crippen LogP contribution in [0.4, 0.5) is 5.69 Å². The van der Waals surface area contributed by atoms with Crippen LogP contribution in [0.2, 0.25) is 0 Å². The number of nitrogens with zero attached hydrogens (tertiary/aromatic N) is 3. The Balaban J connectivity index is 2.19. The van der Waals surface area contributed by atoms with E-state index in [4.69, 9.17) is 4.99 Å². The van der Waals surface area contributed by atoms with Crippen LogP contribution in [0.3, 0.4) is 0 Å². The van der Waals surface area contributed by atoms with Crippen LogP contribution in [-0.4, -0.2) is 45.2 Å². The first kappa shape index (κ1) is 15.7. The molecule has 2 aromatic carbocycles. The second-order valence-corrected chi connectivity index (χ2v) is 7.50. The minimum Gasteiger partial charge on any atom is -0.287 e. The van der Waals surface area contributed by atoms with Gasteiger partial charge in [-0.1, -0.05) is 48.5 Å². The average molecular weight is 329 g/mol. The molecule has 1 aliphatic heterocycles. The van der Waals surface area contributed by atoms with Crippen LogP contribution in [0.1, 0.15) is 5.56 Å². The summed E-state index contributed by atoms with van der Waals surface area (Å²) in [5.74, 6) is 0.423. The standard InChI is InChI=1S/C17H19N3O2S/c1-19(2)16-13-23(21,22)20(15-11-7-4-8-12-15)17(18-16)14-9-5-3-6-10-14/h3-12,16H,13H2,1-2H3. The maximum absolute atomic E-state index is 12.9. The van der Waals surface area contributed by atoms with Gasteiger partial charge in [-0.2, -0.15) is 0 Å². The fourth-order valence-electron chi connectivity index (χ4n) is 2.52. The zero-order valence-electron chi connectivity index (χ0n) is 13.1. The Hall–Kier alpha value is -2.18. The molecular formula is C17H19N3O2S. The van der Waals surface area contributed by atoms with Gasteiger partial charge in [0, 0.05) is 5.56 Å². The molecule has 0 amide bonds. The van der Waals surface area contributed by atoms with Gasteiger partial charge in [-0.15, -0.1) is 0 Å².